The molecule has 0 atom stereocenters. The summed E-state index contributed by atoms with van der Waals surface area (Å²) in [6.45, 7) is 4.08. The molecule has 0 saturated heterocycles. The van der Waals surface area contributed by atoms with E-state index in [1.165, 1.54) is 25.7 Å². The summed E-state index contributed by atoms with van der Waals surface area (Å²) >= 11 is 2.02. The number of rotatable bonds is 6. The third-order valence-electron chi connectivity index (χ3n) is 3.68. The third-order valence-corrected chi connectivity index (χ3v) is 5.10. The molecule has 1 aromatic rings. The SMILES string of the molecule is CCNc1cncc(NCC2(SC)CCCC2)c1. The average Bonchev–Trinajstić information content (AvgIpc) is 2.87. The summed E-state index contributed by atoms with van der Waals surface area (Å²) in [5, 5.41) is 6.85. The van der Waals surface area contributed by atoms with E-state index in [4.69, 9.17) is 0 Å². The lowest BCUT2D eigenvalue weighted by molar-refractivity contribution is 0.640. The molecular weight excluding hydrogens is 242 g/mol. The van der Waals surface area contributed by atoms with Crippen LogP contribution in [0.1, 0.15) is 32.6 Å². The summed E-state index contributed by atoms with van der Waals surface area (Å²) in [6.07, 6.45) is 11.4. The summed E-state index contributed by atoms with van der Waals surface area (Å²) in [5.41, 5.74) is 2.21. The average molecular weight is 265 g/mol. The quantitative estimate of drug-likeness (QED) is 0.824. The smallest absolute Gasteiger partial charge is 0.0547 e. The molecule has 0 aromatic carbocycles. The van der Waals surface area contributed by atoms with Gasteiger partial charge in [0, 0.05) is 17.8 Å². The van der Waals surface area contributed by atoms with E-state index in [2.05, 4.69) is 34.9 Å². The molecule has 3 nitrogen and oxygen atoms in total. The zero-order chi connectivity index (χ0) is 12.8. The van der Waals surface area contributed by atoms with Crippen LogP contribution >= 0.6 is 11.8 Å². The van der Waals surface area contributed by atoms with Gasteiger partial charge >= 0.3 is 0 Å². The molecule has 0 radical (unpaired) electrons. The summed E-state index contributed by atoms with van der Waals surface area (Å²) in [5.74, 6) is 0. The fraction of sp³-hybridized carbons (Fsp3) is 0.643. The van der Waals surface area contributed by atoms with Crippen LogP contribution in [-0.4, -0.2) is 29.1 Å². The number of thioether (sulfide) groups is 1. The fourth-order valence-corrected chi connectivity index (χ4v) is 3.49. The molecule has 1 fully saturated rings. The maximum atomic E-state index is 4.27. The van der Waals surface area contributed by atoms with Crippen molar-refractivity contribution in [3.05, 3.63) is 18.5 Å². The Morgan fingerprint density at radius 3 is 2.50 bits per heavy atom. The molecule has 1 aromatic heterocycles. The minimum atomic E-state index is 0.439. The minimum Gasteiger partial charge on any atom is -0.384 e. The highest BCUT2D eigenvalue weighted by atomic mass is 32.2. The molecule has 1 saturated carbocycles. The second-order valence-electron chi connectivity index (χ2n) is 4.94. The monoisotopic (exact) mass is 265 g/mol. The maximum absolute atomic E-state index is 4.27. The van der Waals surface area contributed by atoms with Crippen LogP contribution < -0.4 is 10.6 Å². The highest BCUT2D eigenvalue weighted by Crippen LogP contribution is 2.40. The fourth-order valence-electron chi connectivity index (χ4n) is 2.57. The van der Waals surface area contributed by atoms with E-state index < -0.39 is 0 Å². The van der Waals surface area contributed by atoms with Crippen molar-refractivity contribution in [2.24, 2.45) is 0 Å². The number of hydrogen-bond donors (Lipinski definition) is 2. The zero-order valence-corrected chi connectivity index (χ0v) is 12.1. The van der Waals surface area contributed by atoms with Crippen molar-refractivity contribution in [1.82, 2.24) is 4.98 Å². The lowest BCUT2D eigenvalue weighted by Crippen LogP contribution is -2.30. The predicted octanol–water partition coefficient (Wildman–Crippen LogP) is 3.60. The second-order valence-corrected chi connectivity index (χ2v) is 6.21. The van der Waals surface area contributed by atoms with Crippen molar-refractivity contribution < 1.29 is 0 Å². The lowest BCUT2D eigenvalue weighted by atomic mass is 10.1. The number of pyridine rings is 1. The van der Waals surface area contributed by atoms with E-state index in [9.17, 15) is 0 Å². The van der Waals surface area contributed by atoms with Crippen molar-refractivity contribution in [1.29, 1.82) is 0 Å². The first-order valence-electron chi connectivity index (χ1n) is 6.76. The van der Waals surface area contributed by atoms with E-state index in [0.29, 0.717) is 4.75 Å². The van der Waals surface area contributed by atoms with Crippen molar-refractivity contribution in [2.75, 3.05) is 30.0 Å². The molecule has 0 unspecified atom stereocenters. The summed E-state index contributed by atoms with van der Waals surface area (Å²) in [6, 6.07) is 2.14. The van der Waals surface area contributed by atoms with Gasteiger partial charge in [-0.2, -0.15) is 11.8 Å². The molecular formula is C14H23N3S. The second kappa shape index (κ2) is 6.32. The van der Waals surface area contributed by atoms with Gasteiger partial charge in [-0.25, -0.2) is 0 Å². The molecule has 0 amide bonds. The van der Waals surface area contributed by atoms with Crippen molar-refractivity contribution >= 4 is 23.1 Å². The number of aromatic nitrogens is 1. The van der Waals surface area contributed by atoms with Crippen LogP contribution in [0.3, 0.4) is 0 Å². The Labute approximate surface area is 114 Å². The van der Waals surface area contributed by atoms with Gasteiger partial charge in [0.2, 0.25) is 0 Å². The summed E-state index contributed by atoms with van der Waals surface area (Å²) in [7, 11) is 0. The molecule has 18 heavy (non-hydrogen) atoms. The third kappa shape index (κ3) is 3.31. The number of nitrogens with one attached hydrogen (secondary N) is 2. The van der Waals surface area contributed by atoms with Gasteiger partial charge in [-0.1, -0.05) is 12.8 Å². The Kier molecular flexibility index (Phi) is 4.75. The predicted molar refractivity (Wildman–Crippen MR) is 81.6 cm³/mol. The van der Waals surface area contributed by atoms with Gasteiger partial charge in [-0.15, -0.1) is 0 Å². The van der Waals surface area contributed by atoms with Crippen LogP contribution in [0.4, 0.5) is 11.4 Å². The van der Waals surface area contributed by atoms with Gasteiger partial charge in [-0.05, 0) is 32.1 Å². The van der Waals surface area contributed by atoms with Crippen molar-refractivity contribution in [2.45, 2.75) is 37.4 Å². The highest BCUT2D eigenvalue weighted by molar-refractivity contribution is 8.00. The van der Waals surface area contributed by atoms with Crippen LogP contribution in [0, 0.1) is 0 Å². The normalized spacial score (nSPS) is 17.7. The lowest BCUT2D eigenvalue weighted by Gasteiger charge is -2.27. The number of hydrogen-bond acceptors (Lipinski definition) is 4. The van der Waals surface area contributed by atoms with E-state index >= 15 is 0 Å². The van der Waals surface area contributed by atoms with Crippen LogP contribution in [0.5, 0.6) is 0 Å². The van der Waals surface area contributed by atoms with Gasteiger partial charge in [0.15, 0.2) is 0 Å². The minimum absolute atomic E-state index is 0.439. The molecule has 0 spiro atoms. The topological polar surface area (TPSA) is 37.0 Å². The van der Waals surface area contributed by atoms with Gasteiger partial charge < -0.3 is 10.6 Å². The van der Waals surface area contributed by atoms with Crippen LogP contribution in [0.25, 0.3) is 0 Å². The van der Waals surface area contributed by atoms with E-state index in [0.717, 1.165) is 24.5 Å². The molecule has 4 heteroatoms. The molecule has 1 heterocycles. The Morgan fingerprint density at radius 2 is 1.89 bits per heavy atom. The number of nitrogens with zero attached hydrogens (tertiary/aromatic N) is 1. The zero-order valence-electron chi connectivity index (χ0n) is 11.3. The molecule has 0 aliphatic heterocycles. The van der Waals surface area contributed by atoms with E-state index in [1.54, 1.807) is 0 Å². The molecule has 1 aliphatic carbocycles. The Balaban J connectivity index is 1.94. The largest absolute Gasteiger partial charge is 0.384 e. The van der Waals surface area contributed by atoms with Gasteiger partial charge in [0.05, 0.1) is 23.8 Å². The van der Waals surface area contributed by atoms with Gasteiger partial charge in [0.1, 0.15) is 0 Å². The molecule has 0 bridgehead atoms. The van der Waals surface area contributed by atoms with Crippen molar-refractivity contribution in [3.8, 4) is 0 Å². The van der Waals surface area contributed by atoms with Crippen LogP contribution in [0.15, 0.2) is 18.5 Å². The van der Waals surface area contributed by atoms with Crippen molar-refractivity contribution in [3.63, 3.8) is 0 Å². The summed E-state index contributed by atoms with van der Waals surface area (Å²) < 4.78 is 0.439. The molecule has 100 valence electrons. The summed E-state index contributed by atoms with van der Waals surface area (Å²) in [4.78, 5) is 4.27. The van der Waals surface area contributed by atoms with Gasteiger partial charge in [0.25, 0.3) is 0 Å². The standard InChI is InChI=1S/C14H23N3S/c1-3-16-12-8-13(10-15-9-12)17-11-14(18-2)6-4-5-7-14/h8-10,16-17H,3-7,11H2,1-2H3. The van der Waals surface area contributed by atoms with Crippen LogP contribution in [-0.2, 0) is 0 Å². The molecule has 2 rings (SSSR count). The van der Waals surface area contributed by atoms with Crippen LogP contribution in [0.2, 0.25) is 0 Å². The Bertz CT molecular complexity index is 375. The molecule has 2 N–H and O–H groups in total. The first-order valence-corrected chi connectivity index (χ1v) is 7.98. The van der Waals surface area contributed by atoms with E-state index in [1.807, 2.05) is 24.2 Å². The molecule has 1 aliphatic rings. The Hall–Kier alpha value is -0.900. The Morgan fingerprint density at radius 1 is 1.22 bits per heavy atom. The first kappa shape index (κ1) is 13.5. The maximum Gasteiger partial charge on any atom is 0.0547 e. The highest BCUT2D eigenvalue weighted by Gasteiger charge is 2.32. The first-order chi connectivity index (χ1) is 8.78. The number of anilines is 2. The van der Waals surface area contributed by atoms with E-state index in [-0.39, 0.29) is 0 Å². The van der Waals surface area contributed by atoms with Gasteiger partial charge in [-0.3, -0.25) is 4.98 Å².